The van der Waals surface area contributed by atoms with E-state index in [1.165, 1.54) is 10.8 Å². The van der Waals surface area contributed by atoms with Gasteiger partial charge in [0.25, 0.3) is 0 Å². The van der Waals surface area contributed by atoms with Gasteiger partial charge >= 0.3 is 0 Å². The van der Waals surface area contributed by atoms with Crippen LogP contribution in [0.2, 0.25) is 0 Å². The Hall–Kier alpha value is -7.83. The number of fused-ring (bicyclic) bond motifs is 9. The number of furan rings is 2. The highest BCUT2D eigenvalue weighted by atomic mass is 16.3. The van der Waals surface area contributed by atoms with Crippen molar-refractivity contribution in [2.75, 3.05) is 0 Å². The molecule has 266 valence electrons. The predicted octanol–water partition coefficient (Wildman–Crippen LogP) is 13.4. The Labute approximate surface area is 325 Å². The van der Waals surface area contributed by atoms with Crippen molar-refractivity contribution in [3.63, 3.8) is 0 Å². The maximum Gasteiger partial charge on any atom is 0.164 e. The Kier molecular flexibility index (Phi) is 6.83. The lowest BCUT2D eigenvalue weighted by Gasteiger charge is -2.09. The highest BCUT2D eigenvalue weighted by Crippen LogP contribution is 2.40. The van der Waals surface area contributed by atoms with Crippen molar-refractivity contribution < 1.29 is 8.83 Å². The number of hydrogen-bond donors (Lipinski definition) is 0. The van der Waals surface area contributed by atoms with Gasteiger partial charge in [0.05, 0.1) is 11.0 Å². The number of nitrogens with zero attached hydrogens (tertiary/aromatic N) is 4. The lowest BCUT2D eigenvalue weighted by Crippen LogP contribution is -2.00. The second kappa shape index (κ2) is 12.3. The van der Waals surface area contributed by atoms with E-state index >= 15 is 0 Å². The molecule has 0 fully saturated rings. The van der Waals surface area contributed by atoms with E-state index in [1.54, 1.807) is 0 Å². The normalized spacial score (nSPS) is 11.9. The van der Waals surface area contributed by atoms with E-state index in [2.05, 4.69) is 132 Å². The molecule has 0 amide bonds. The first-order valence-corrected chi connectivity index (χ1v) is 19.0. The fraction of sp³-hybridized carbons (Fsp3) is 0. The maximum absolute atomic E-state index is 6.57. The molecule has 12 rings (SSSR count). The van der Waals surface area contributed by atoms with E-state index < -0.39 is 0 Å². The van der Waals surface area contributed by atoms with Gasteiger partial charge in [0, 0.05) is 60.8 Å². The first kappa shape index (κ1) is 31.5. The third-order valence-electron chi connectivity index (χ3n) is 11.1. The molecule has 0 aliphatic heterocycles. The highest BCUT2D eigenvalue weighted by molar-refractivity contribution is 6.17. The minimum Gasteiger partial charge on any atom is -0.456 e. The van der Waals surface area contributed by atoms with Crippen molar-refractivity contribution >= 4 is 65.7 Å². The lowest BCUT2D eigenvalue weighted by atomic mass is 10.0. The van der Waals surface area contributed by atoms with Gasteiger partial charge in [0.1, 0.15) is 22.3 Å². The van der Waals surface area contributed by atoms with Crippen molar-refractivity contribution in [1.82, 2.24) is 19.5 Å². The summed E-state index contributed by atoms with van der Waals surface area (Å²) in [5.41, 5.74) is 11.6. The molecular formula is C51H30N4O2. The number of aromatic nitrogens is 4. The smallest absolute Gasteiger partial charge is 0.164 e. The average Bonchev–Trinajstić information content (AvgIpc) is 3.94. The number of benzene rings is 8. The van der Waals surface area contributed by atoms with Gasteiger partial charge in [0.15, 0.2) is 17.5 Å². The van der Waals surface area contributed by atoms with Crippen molar-refractivity contribution in [2.24, 2.45) is 0 Å². The van der Waals surface area contributed by atoms with Crippen LogP contribution in [0, 0.1) is 0 Å². The van der Waals surface area contributed by atoms with Crippen LogP contribution in [0.1, 0.15) is 0 Å². The zero-order chi connectivity index (χ0) is 37.5. The number of hydrogen-bond acceptors (Lipinski definition) is 5. The van der Waals surface area contributed by atoms with Crippen LogP contribution in [0.3, 0.4) is 0 Å². The van der Waals surface area contributed by atoms with Crippen LogP contribution >= 0.6 is 0 Å². The molecule has 57 heavy (non-hydrogen) atoms. The van der Waals surface area contributed by atoms with Gasteiger partial charge < -0.3 is 13.4 Å². The summed E-state index contributed by atoms with van der Waals surface area (Å²) in [5.74, 6) is 1.76. The van der Waals surface area contributed by atoms with Gasteiger partial charge in [-0.15, -0.1) is 0 Å². The molecule has 0 atom stereocenters. The SMILES string of the molecule is c1ccc(-c2ccc(-c3nc(-c4ccc5oc6ccccc6c5c4)nc(-c4ccc5oc6cc7c(cc6c5c4)c4ccccc4n7-c4ccccc4)n3)cc2)cc1. The zero-order valence-corrected chi connectivity index (χ0v) is 30.4. The summed E-state index contributed by atoms with van der Waals surface area (Å²) < 4.78 is 15.0. The van der Waals surface area contributed by atoms with Crippen LogP contribution in [0.15, 0.2) is 191 Å². The highest BCUT2D eigenvalue weighted by Gasteiger charge is 2.19. The van der Waals surface area contributed by atoms with E-state index in [-0.39, 0.29) is 0 Å². The van der Waals surface area contributed by atoms with Gasteiger partial charge in [-0.05, 0) is 77.9 Å². The van der Waals surface area contributed by atoms with Crippen molar-refractivity contribution in [2.45, 2.75) is 0 Å². The van der Waals surface area contributed by atoms with Gasteiger partial charge in [0.2, 0.25) is 0 Å². The summed E-state index contributed by atoms with van der Waals surface area (Å²) in [5, 5.41) is 6.47. The molecule has 6 heteroatoms. The summed E-state index contributed by atoms with van der Waals surface area (Å²) in [6, 6.07) is 62.8. The van der Waals surface area contributed by atoms with Gasteiger partial charge in [-0.25, -0.2) is 15.0 Å². The summed E-state index contributed by atoms with van der Waals surface area (Å²) in [4.78, 5) is 15.4. The quantitative estimate of drug-likeness (QED) is 0.176. The fourth-order valence-electron chi connectivity index (χ4n) is 8.30. The van der Waals surface area contributed by atoms with Crippen LogP contribution in [0.4, 0.5) is 0 Å². The maximum atomic E-state index is 6.57. The Balaban J connectivity index is 1.04. The Morgan fingerprint density at radius 2 is 0.789 bits per heavy atom. The standard InChI is InChI=1S/C51H30N4O2/c1-3-11-31(12-4-1)32-19-21-33(22-20-32)49-52-50(34-23-25-46-40(27-34)38-16-8-10-18-45(38)56-46)54-51(53-49)35-24-26-47-41(28-35)42-29-39-37-15-7-9-17-43(37)55(36-13-5-2-6-14-36)44(39)30-48(42)57-47/h1-30H. The molecule has 4 heterocycles. The molecule has 0 aliphatic carbocycles. The van der Waals surface area contributed by atoms with Crippen LogP contribution in [0.25, 0.3) is 117 Å². The van der Waals surface area contributed by atoms with E-state index in [0.717, 1.165) is 88.4 Å². The molecule has 0 radical (unpaired) electrons. The minimum atomic E-state index is 0.581. The van der Waals surface area contributed by atoms with E-state index in [0.29, 0.717) is 17.5 Å². The van der Waals surface area contributed by atoms with Gasteiger partial charge in [-0.3, -0.25) is 0 Å². The first-order valence-electron chi connectivity index (χ1n) is 19.0. The van der Waals surface area contributed by atoms with E-state index in [1.807, 2.05) is 54.6 Å². The lowest BCUT2D eigenvalue weighted by molar-refractivity contribution is 0.668. The molecule has 0 spiro atoms. The molecular weight excluding hydrogens is 701 g/mol. The van der Waals surface area contributed by atoms with Crippen molar-refractivity contribution in [3.05, 3.63) is 182 Å². The molecule has 0 bridgehead atoms. The van der Waals surface area contributed by atoms with E-state index in [9.17, 15) is 0 Å². The Morgan fingerprint density at radius 3 is 1.51 bits per heavy atom. The number of rotatable bonds is 5. The van der Waals surface area contributed by atoms with E-state index in [4.69, 9.17) is 23.8 Å². The second-order valence-corrected chi connectivity index (χ2v) is 14.4. The van der Waals surface area contributed by atoms with Crippen LogP contribution in [-0.4, -0.2) is 19.5 Å². The Morgan fingerprint density at radius 1 is 0.298 bits per heavy atom. The van der Waals surface area contributed by atoms with Crippen LogP contribution in [0.5, 0.6) is 0 Å². The molecule has 0 unspecified atom stereocenters. The minimum absolute atomic E-state index is 0.581. The molecule has 0 aliphatic rings. The predicted molar refractivity (Wildman–Crippen MR) is 230 cm³/mol. The monoisotopic (exact) mass is 730 g/mol. The molecule has 12 aromatic rings. The average molecular weight is 731 g/mol. The fourth-order valence-corrected chi connectivity index (χ4v) is 8.30. The topological polar surface area (TPSA) is 69.9 Å². The summed E-state index contributed by atoms with van der Waals surface area (Å²) >= 11 is 0. The molecule has 0 saturated carbocycles. The molecule has 0 N–H and O–H groups in total. The van der Waals surface area contributed by atoms with Crippen LogP contribution < -0.4 is 0 Å². The van der Waals surface area contributed by atoms with Gasteiger partial charge in [-0.1, -0.05) is 109 Å². The Bertz CT molecular complexity index is 3510. The summed E-state index contributed by atoms with van der Waals surface area (Å²) in [6.45, 7) is 0. The first-order chi connectivity index (χ1) is 28.2. The third-order valence-corrected chi connectivity index (χ3v) is 11.1. The number of para-hydroxylation sites is 3. The van der Waals surface area contributed by atoms with Crippen LogP contribution in [-0.2, 0) is 0 Å². The van der Waals surface area contributed by atoms with Gasteiger partial charge in [-0.2, -0.15) is 0 Å². The molecule has 4 aromatic heterocycles. The second-order valence-electron chi connectivity index (χ2n) is 14.4. The molecule has 0 saturated heterocycles. The molecule has 8 aromatic carbocycles. The summed E-state index contributed by atoms with van der Waals surface area (Å²) in [7, 11) is 0. The zero-order valence-electron chi connectivity index (χ0n) is 30.4. The summed E-state index contributed by atoms with van der Waals surface area (Å²) in [6.07, 6.45) is 0. The van der Waals surface area contributed by atoms with Crippen molar-refractivity contribution in [3.8, 4) is 51.0 Å². The molecule has 6 nitrogen and oxygen atoms in total. The van der Waals surface area contributed by atoms with Crippen molar-refractivity contribution in [1.29, 1.82) is 0 Å². The largest absolute Gasteiger partial charge is 0.456 e. The third kappa shape index (κ3) is 5.08.